The van der Waals surface area contributed by atoms with Crippen molar-refractivity contribution in [2.75, 3.05) is 26.3 Å². The summed E-state index contributed by atoms with van der Waals surface area (Å²) in [5, 5.41) is 17.9. The van der Waals surface area contributed by atoms with Crippen LogP contribution in [0.15, 0.2) is 36.4 Å². The smallest absolute Gasteiger partial charge is 0.261 e. The maximum absolute atomic E-state index is 12.8. The molecule has 32 heavy (non-hydrogen) atoms. The molecule has 2 heterocycles. The number of amides is 4. The highest BCUT2D eigenvalue weighted by atomic mass is 16.3. The summed E-state index contributed by atoms with van der Waals surface area (Å²) in [5.41, 5.74) is 2.64. The number of benzene rings is 2. The molecule has 2 aliphatic rings. The molecule has 0 fully saturated rings. The molecule has 0 spiro atoms. The van der Waals surface area contributed by atoms with Gasteiger partial charge in [0.05, 0.1) is 22.3 Å². The van der Waals surface area contributed by atoms with Gasteiger partial charge in [-0.05, 0) is 61.1 Å². The van der Waals surface area contributed by atoms with Gasteiger partial charge in [0.15, 0.2) is 0 Å². The normalized spacial score (nSPS) is 15.1. The van der Waals surface area contributed by atoms with Gasteiger partial charge in [0.1, 0.15) is 0 Å². The Hall–Kier alpha value is -3.36. The molecule has 0 saturated heterocycles. The van der Waals surface area contributed by atoms with Crippen molar-refractivity contribution in [1.82, 2.24) is 9.80 Å². The average molecular weight is 436 g/mol. The molecule has 0 unspecified atom stereocenters. The van der Waals surface area contributed by atoms with E-state index in [1.165, 1.54) is 9.80 Å². The van der Waals surface area contributed by atoms with Crippen LogP contribution in [-0.2, 0) is 0 Å². The summed E-state index contributed by atoms with van der Waals surface area (Å²) in [4.78, 5) is 53.0. The lowest BCUT2D eigenvalue weighted by Gasteiger charge is -2.12. The molecule has 2 aromatic rings. The first kappa shape index (κ1) is 21.9. The highest BCUT2D eigenvalue weighted by Gasteiger charge is 2.37. The van der Waals surface area contributed by atoms with E-state index in [2.05, 4.69) is 0 Å². The molecule has 2 aromatic carbocycles. The molecule has 0 aliphatic carbocycles. The molecule has 8 heteroatoms. The number of rotatable bonds is 9. The number of fused-ring (bicyclic) bond motifs is 2. The quantitative estimate of drug-likeness (QED) is 0.459. The summed E-state index contributed by atoms with van der Waals surface area (Å²) in [6.07, 6.45) is 2.09. The maximum atomic E-state index is 12.8. The fourth-order valence-electron chi connectivity index (χ4n) is 4.11. The van der Waals surface area contributed by atoms with Crippen molar-refractivity contribution >= 4 is 23.6 Å². The maximum Gasteiger partial charge on any atom is 0.261 e. The highest BCUT2D eigenvalue weighted by Crippen LogP contribution is 2.32. The summed E-state index contributed by atoms with van der Waals surface area (Å²) < 4.78 is 0. The lowest BCUT2D eigenvalue weighted by Crippen LogP contribution is -2.30. The van der Waals surface area contributed by atoms with Crippen molar-refractivity contribution in [1.29, 1.82) is 0 Å². The van der Waals surface area contributed by atoms with Crippen molar-refractivity contribution in [3.05, 3.63) is 58.7 Å². The van der Waals surface area contributed by atoms with Crippen molar-refractivity contribution in [2.24, 2.45) is 0 Å². The zero-order chi connectivity index (χ0) is 22.8. The Labute approximate surface area is 185 Å². The van der Waals surface area contributed by atoms with Crippen LogP contribution in [0.4, 0.5) is 0 Å². The number of hydrogen-bond donors (Lipinski definition) is 2. The van der Waals surface area contributed by atoms with E-state index in [-0.39, 0.29) is 49.9 Å². The summed E-state index contributed by atoms with van der Waals surface area (Å²) in [6, 6.07) is 9.95. The summed E-state index contributed by atoms with van der Waals surface area (Å²) in [7, 11) is 0. The van der Waals surface area contributed by atoms with Crippen LogP contribution in [0.25, 0.3) is 11.1 Å². The number of carbonyl (C=O) groups excluding carboxylic acids is 4. The first-order chi connectivity index (χ1) is 15.5. The second kappa shape index (κ2) is 9.02. The lowest BCUT2D eigenvalue weighted by atomic mass is 9.97. The van der Waals surface area contributed by atoms with E-state index in [9.17, 15) is 19.2 Å². The highest BCUT2D eigenvalue weighted by molar-refractivity contribution is 6.23. The van der Waals surface area contributed by atoms with Gasteiger partial charge in [-0.15, -0.1) is 0 Å². The van der Waals surface area contributed by atoms with Crippen LogP contribution >= 0.6 is 0 Å². The molecule has 166 valence electrons. The number of unbranched alkanes of at least 4 members (excludes halogenated alkanes) is 2. The van der Waals surface area contributed by atoms with Gasteiger partial charge in [-0.3, -0.25) is 29.0 Å². The third-order valence-electron chi connectivity index (χ3n) is 5.85. The Morgan fingerprint density at radius 3 is 1.28 bits per heavy atom. The standard InChI is InChI=1S/C24H24N2O6/c27-11-3-1-9-25-21(29)17-7-5-15(13-19(17)23(25)31)16-6-8-18-20(14-16)24(32)26(22(18)30)10-2-4-12-28/h5-8,13-14,27-28H,1-4,9-12H2. The number of aliphatic hydroxyl groups excluding tert-OH is 2. The minimum absolute atomic E-state index is 0.00569. The predicted octanol–water partition coefficient (Wildman–Crippen LogP) is 2.09. The largest absolute Gasteiger partial charge is 0.396 e. The van der Waals surface area contributed by atoms with Gasteiger partial charge >= 0.3 is 0 Å². The molecule has 0 atom stereocenters. The molecule has 0 radical (unpaired) electrons. The van der Waals surface area contributed by atoms with Crippen molar-refractivity contribution in [2.45, 2.75) is 25.7 Å². The topological polar surface area (TPSA) is 115 Å². The van der Waals surface area contributed by atoms with Crippen LogP contribution < -0.4 is 0 Å². The van der Waals surface area contributed by atoms with E-state index >= 15 is 0 Å². The molecule has 2 aliphatic heterocycles. The third-order valence-corrected chi connectivity index (χ3v) is 5.85. The molecule has 0 bridgehead atoms. The van der Waals surface area contributed by atoms with E-state index in [1.54, 1.807) is 36.4 Å². The number of aliphatic hydroxyl groups is 2. The van der Waals surface area contributed by atoms with Gasteiger partial charge in [-0.1, -0.05) is 12.1 Å². The van der Waals surface area contributed by atoms with Crippen LogP contribution in [-0.4, -0.2) is 69.9 Å². The minimum Gasteiger partial charge on any atom is -0.396 e. The summed E-state index contributed by atoms with van der Waals surface area (Å²) in [5.74, 6) is -1.43. The monoisotopic (exact) mass is 436 g/mol. The van der Waals surface area contributed by atoms with Crippen LogP contribution in [0, 0.1) is 0 Å². The van der Waals surface area contributed by atoms with Crippen molar-refractivity contribution in [3.8, 4) is 11.1 Å². The first-order valence-corrected chi connectivity index (χ1v) is 10.7. The molecule has 4 rings (SSSR count). The second-order valence-electron chi connectivity index (χ2n) is 7.91. The number of hydrogen-bond acceptors (Lipinski definition) is 6. The lowest BCUT2D eigenvalue weighted by molar-refractivity contribution is 0.0634. The van der Waals surface area contributed by atoms with Gasteiger partial charge in [0.25, 0.3) is 23.6 Å². The predicted molar refractivity (Wildman–Crippen MR) is 115 cm³/mol. The van der Waals surface area contributed by atoms with E-state index in [0.717, 1.165) is 0 Å². The van der Waals surface area contributed by atoms with Crippen LogP contribution in [0.1, 0.15) is 67.1 Å². The molecular formula is C24H24N2O6. The minimum atomic E-state index is -0.368. The van der Waals surface area contributed by atoms with Gasteiger partial charge < -0.3 is 10.2 Å². The Morgan fingerprint density at radius 2 is 0.906 bits per heavy atom. The zero-order valence-electron chi connectivity index (χ0n) is 17.5. The second-order valence-corrected chi connectivity index (χ2v) is 7.91. The molecule has 0 aromatic heterocycles. The Balaban J connectivity index is 1.59. The summed E-state index contributed by atoms with van der Waals surface area (Å²) >= 11 is 0. The SMILES string of the molecule is O=C1c2ccc(-c3ccc4c(c3)C(=O)N(CCCCO)C4=O)cc2C(=O)N1CCCCO. The van der Waals surface area contributed by atoms with Gasteiger partial charge in [-0.25, -0.2) is 0 Å². The molecule has 0 saturated carbocycles. The average Bonchev–Trinajstić information content (AvgIpc) is 3.19. The fourth-order valence-corrected chi connectivity index (χ4v) is 4.11. The molecule has 4 amide bonds. The van der Waals surface area contributed by atoms with Gasteiger partial charge in [-0.2, -0.15) is 0 Å². The fraction of sp³-hybridized carbons (Fsp3) is 0.333. The van der Waals surface area contributed by atoms with Crippen LogP contribution in [0.2, 0.25) is 0 Å². The Bertz CT molecular complexity index is 1020. The van der Waals surface area contributed by atoms with Gasteiger partial charge in [0.2, 0.25) is 0 Å². The molecular weight excluding hydrogens is 412 g/mol. The number of carbonyl (C=O) groups is 4. The van der Waals surface area contributed by atoms with Gasteiger partial charge in [0, 0.05) is 26.3 Å². The number of imide groups is 2. The van der Waals surface area contributed by atoms with Crippen LogP contribution in [0.3, 0.4) is 0 Å². The Kier molecular flexibility index (Phi) is 6.16. The van der Waals surface area contributed by atoms with E-state index in [1.807, 2.05) is 0 Å². The molecule has 2 N–H and O–H groups in total. The van der Waals surface area contributed by atoms with Crippen molar-refractivity contribution < 1.29 is 29.4 Å². The summed E-state index contributed by atoms with van der Waals surface area (Å²) in [6.45, 7) is 0.519. The van der Waals surface area contributed by atoms with Crippen LogP contribution in [0.5, 0.6) is 0 Å². The van der Waals surface area contributed by atoms with E-state index in [4.69, 9.17) is 10.2 Å². The third kappa shape index (κ3) is 3.72. The van der Waals surface area contributed by atoms with E-state index < -0.39 is 0 Å². The van der Waals surface area contributed by atoms with Crippen molar-refractivity contribution in [3.63, 3.8) is 0 Å². The Morgan fingerprint density at radius 1 is 0.531 bits per heavy atom. The number of nitrogens with zero attached hydrogens (tertiary/aromatic N) is 2. The zero-order valence-corrected chi connectivity index (χ0v) is 17.5. The van der Waals surface area contributed by atoms with E-state index in [0.29, 0.717) is 59.1 Å². The first-order valence-electron chi connectivity index (χ1n) is 10.7. The molecule has 8 nitrogen and oxygen atoms in total.